The van der Waals surface area contributed by atoms with Gasteiger partial charge >= 0.3 is 5.97 Å². The van der Waals surface area contributed by atoms with E-state index in [0.717, 1.165) is 5.69 Å². The van der Waals surface area contributed by atoms with Crippen molar-refractivity contribution in [3.05, 3.63) is 42.5 Å². The molecule has 1 aliphatic rings. The molecule has 1 heterocycles. The van der Waals surface area contributed by atoms with Gasteiger partial charge in [0.05, 0.1) is 13.0 Å². The summed E-state index contributed by atoms with van der Waals surface area (Å²) >= 11 is 0. The molecule has 1 atom stereocenters. The van der Waals surface area contributed by atoms with Gasteiger partial charge in [-0.3, -0.25) is 9.59 Å². The molecule has 2 amide bonds. The standard InChI is InChI=1S/C16H18N2O4/c1-22-15(20)8-5-9-17-16(21)12-10-14(19)18(11-12)13-6-3-2-4-7-13/h2-8,12H,9-11H2,1H3,(H,17,21)/b8-5+. The minimum absolute atomic E-state index is 0.0588. The van der Waals surface area contributed by atoms with Crippen LogP contribution in [0.15, 0.2) is 42.5 Å². The fourth-order valence-electron chi connectivity index (χ4n) is 2.27. The number of para-hydroxylation sites is 1. The van der Waals surface area contributed by atoms with Gasteiger partial charge in [0.1, 0.15) is 0 Å². The Morgan fingerprint density at radius 1 is 1.36 bits per heavy atom. The molecule has 1 N–H and O–H groups in total. The first-order valence-electron chi connectivity index (χ1n) is 6.99. The van der Waals surface area contributed by atoms with Crippen molar-refractivity contribution in [1.82, 2.24) is 5.32 Å². The molecule has 6 heteroatoms. The van der Waals surface area contributed by atoms with E-state index >= 15 is 0 Å². The molecule has 116 valence electrons. The lowest BCUT2D eigenvalue weighted by Gasteiger charge is -2.16. The first-order valence-corrected chi connectivity index (χ1v) is 6.99. The number of benzene rings is 1. The topological polar surface area (TPSA) is 75.7 Å². The predicted octanol–water partition coefficient (Wildman–Crippen LogP) is 0.885. The number of methoxy groups -OCH3 is 1. The number of carbonyl (C=O) groups is 3. The molecule has 6 nitrogen and oxygen atoms in total. The fraction of sp³-hybridized carbons (Fsp3) is 0.312. The molecule has 1 saturated heterocycles. The Morgan fingerprint density at radius 2 is 2.09 bits per heavy atom. The van der Waals surface area contributed by atoms with Crippen LogP contribution in [0.3, 0.4) is 0 Å². The molecule has 1 aliphatic heterocycles. The third kappa shape index (κ3) is 3.94. The summed E-state index contributed by atoms with van der Waals surface area (Å²) in [5.74, 6) is -1.10. The average Bonchev–Trinajstić information content (AvgIpc) is 2.94. The van der Waals surface area contributed by atoms with Gasteiger partial charge in [0, 0.05) is 31.3 Å². The first-order chi connectivity index (χ1) is 10.6. The average molecular weight is 302 g/mol. The summed E-state index contributed by atoms with van der Waals surface area (Å²) in [5, 5.41) is 2.68. The lowest BCUT2D eigenvalue weighted by Crippen LogP contribution is -2.33. The van der Waals surface area contributed by atoms with Gasteiger partial charge in [-0.2, -0.15) is 0 Å². The van der Waals surface area contributed by atoms with Gasteiger partial charge in [0.25, 0.3) is 0 Å². The number of ether oxygens (including phenoxy) is 1. The molecule has 0 saturated carbocycles. The normalized spacial score (nSPS) is 17.8. The first kappa shape index (κ1) is 15.8. The van der Waals surface area contributed by atoms with E-state index in [4.69, 9.17) is 0 Å². The summed E-state index contributed by atoms with van der Waals surface area (Å²) in [6.45, 7) is 0.597. The SMILES string of the molecule is COC(=O)/C=C/CNC(=O)C1CC(=O)N(c2ccccc2)C1. The van der Waals surface area contributed by atoms with Crippen LogP contribution < -0.4 is 10.2 Å². The second-order valence-electron chi connectivity index (χ2n) is 4.91. The van der Waals surface area contributed by atoms with Gasteiger partial charge in [-0.25, -0.2) is 4.79 Å². The molecule has 1 aromatic rings. The summed E-state index contributed by atoms with van der Waals surface area (Å²) in [7, 11) is 1.29. The highest BCUT2D eigenvalue weighted by Gasteiger charge is 2.34. The van der Waals surface area contributed by atoms with Crippen LogP contribution >= 0.6 is 0 Å². The zero-order chi connectivity index (χ0) is 15.9. The quantitative estimate of drug-likeness (QED) is 0.647. The van der Waals surface area contributed by atoms with Crippen molar-refractivity contribution in [3.63, 3.8) is 0 Å². The molecule has 2 rings (SSSR count). The molecular formula is C16H18N2O4. The molecule has 1 fully saturated rings. The molecule has 0 radical (unpaired) electrons. The molecule has 1 unspecified atom stereocenters. The van der Waals surface area contributed by atoms with Crippen LogP contribution in [0.4, 0.5) is 5.69 Å². The lowest BCUT2D eigenvalue weighted by molar-refractivity contribution is -0.135. The molecule has 0 aromatic heterocycles. The number of rotatable bonds is 5. The third-order valence-electron chi connectivity index (χ3n) is 3.41. The lowest BCUT2D eigenvalue weighted by atomic mass is 10.1. The number of hydrogen-bond donors (Lipinski definition) is 1. The number of anilines is 1. The number of nitrogens with zero attached hydrogens (tertiary/aromatic N) is 1. The van der Waals surface area contributed by atoms with Gasteiger partial charge in [0.2, 0.25) is 11.8 Å². The predicted molar refractivity (Wildman–Crippen MR) is 81.1 cm³/mol. The Kier molecular flexibility index (Phi) is 5.30. The van der Waals surface area contributed by atoms with Gasteiger partial charge in [-0.05, 0) is 12.1 Å². The van der Waals surface area contributed by atoms with E-state index in [0.29, 0.717) is 6.54 Å². The summed E-state index contributed by atoms with van der Waals surface area (Å²) in [6.07, 6.45) is 2.95. The van der Waals surface area contributed by atoms with Crippen LogP contribution in [0.25, 0.3) is 0 Å². The fourth-order valence-corrected chi connectivity index (χ4v) is 2.27. The van der Waals surface area contributed by atoms with Gasteiger partial charge < -0.3 is 15.0 Å². The van der Waals surface area contributed by atoms with E-state index in [1.807, 2.05) is 30.3 Å². The van der Waals surface area contributed by atoms with Crippen molar-refractivity contribution in [3.8, 4) is 0 Å². The maximum absolute atomic E-state index is 12.0. The molecular weight excluding hydrogens is 284 g/mol. The van der Waals surface area contributed by atoms with E-state index in [9.17, 15) is 14.4 Å². The van der Waals surface area contributed by atoms with Gasteiger partial charge in [-0.1, -0.05) is 24.3 Å². The van der Waals surface area contributed by atoms with E-state index in [2.05, 4.69) is 10.1 Å². The largest absolute Gasteiger partial charge is 0.466 e. The van der Waals surface area contributed by atoms with Crippen molar-refractivity contribution in [2.24, 2.45) is 5.92 Å². The van der Waals surface area contributed by atoms with Crippen LogP contribution in [0.5, 0.6) is 0 Å². The van der Waals surface area contributed by atoms with Crippen LogP contribution in [-0.4, -0.2) is 38.0 Å². The second kappa shape index (κ2) is 7.40. The van der Waals surface area contributed by atoms with E-state index < -0.39 is 5.97 Å². The van der Waals surface area contributed by atoms with Crippen LogP contribution in [0.2, 0.25) is 0 Å². The highest BCUT2D eigenvalue weighted by Crippen LogP contribution is 2.24. The maximum atomic E-state index is 12.0. The minimum atomic E-state index is -0.472. The summed E-state index contributed by atoms with van der Waals surface area (Å²) in [4.78, 5) is 36.6. The van der Waals surface area contributed by atoms with Crippen molar-refractivity contribution >= 4 is 23.5 Å². The van der Waals surface area contributed by atoms with Gasteiger partial charge in [0.15, 0.2) is 0 Å². The van der Waals surface area contributed by atoms with Crippen molar-refractivity contribution in [2.75, 3.05) is 25.1 Å². The van der Waals surface area contributed by atoms with Gasteiger partial charge in [-0.15, -0.1) is 0 Å². The summed E-state index contributed by atoms with van der Waals surface area (Å²) in [6, 6.07) is 9.28. The zero-order valence-corrected chi connectivity index (χ0v) is 12.3. The van der Waals surface area contributed by atoms with Crippen LogP contribution in [-0.2, 0) is 19.1 Å². The Bertz CT molecular complexity index is 583. The van der Waals surface area contributed by atoms with E-state index in [1.54, 1.807) is 4.90 Å². The Hall–Kier alpha value is -2.63. The van der Waals surface area contributed by atoms with Crippen molar-refractivity contribution in [2.45, 2.75) is 6.42 Å². The van der Waals surface area contributed by atoms with Crippen molar-refractivity contribution < 1.29 is 19.1 Å². The number of hydrogen-bond acceptors (Lipinski definition) is 4. The third-order valence-corrected chi connectivity index (χ3v) is 3.41. The molecule has 0 bridgehead atoms. The number of amides is 2. The second-order valence-corrected chi connectivity index (χ2v) is 4.91. The number of esters is 1. The Balaban J connectivity index is 1.86. The van der Waals surface area contributed by atoms with E-state index in [1.165, 1.54) is 19.3 Å². The Labute approximate surface area is 128 Å². The minimum Gasteiger partial charge on any atom is -0.466 e. The number of nitrogens with one attached hydrogen (secondary N) is 1. The highest BCUT2D eigenvalue weighted by molar-refractivity contribution is 6.00. The zero-order valence-electron chi connectivity index (χ0n) is 12.3. The highest BCUT2D eigenvalue weighted by atomic mass is 16.5. The smallest absolute Gasteiger partial charge is 0.330 e. The molecule has 0 spiro atoms. The summed E-state index contributed by atoms with van der Waals surface area (Å²) < 4.78 is 4.44. The van der Waals surface area contributed by atoms with E-state index in [-0.39, 0.29) is 30.7 Å². The summed E-state index contributed by atoms with van der Waals surface area (Å²) in [5.41, 5.74) is 0.799. The van der Waals surface area contributed by atoms with Crippen LogP contribution in [0, 0.1) is 5.92 Å². The molecule has 22 heavy (non-hydrogen) atoms. The van der Waals surface area contributed by atoms with Crippen LogP contribution in [0.1, 0.15) is 6.42 Å². The van der Waals surface area contributed by atoms with Crippen molar-refractivity contribution in [1.29, 1.82) is 0 Å². The monoisotopic (exact) mass is 302 g/mol. The molecule has 1 aromatic carbocycles. The Morgan fingerprint density at radius 3 is 2.77 bits per heavy atom. The molecule has 0 aliphatic carbocycles. The maximum Gasteiger partial charge on any atom is 0.330 e. The number of carbonyl (C=O) groups excluding carboxylic acids is 3.